The van der Waals surface area contributed by atoms with E-state index >= 15 is 0 Å². The molecule has 0 saturated heterocycles. The number of anilines is 1. The lowest BCUT2D eigenvalue weighted by molar-refractivity contribution is -0.137. The second kappa shape index (κ2) is 11.7. The van der Waals surface area contributed by atoms with Gasteiger partial charge in [0.05, 0.1) is 11.3 Å². The van der Waals surface area contributed by atoms with Gasteiger partial charge in [0, 0.05) is 18.8 Å². The summed E-state index contributed by atoms with van der Waals surface area (Å²) in [5, 5.41) is 8.56. The molecule has 38 heavy (non-hydrogen) atoms. The molecule has 0 spiro atoms. The second-order valence-corrected chi connectivity index (χ2v) is 10.7. The summed E-state index contributed by atoms with van der Waals surface area (Å²) in [6.45, 7) is 5.15. The van der Waals surface area contributed by atoms with E-state index in [1.165, 1.54) is 24.4 Å². The normalized spacial score (nSPS) is 12.2. The van der Waals surface area contributed by atoms with E-state index in [1.54, 1.807) is 45.0 Å². The third-order valence-electron chi connectivity index (χ3n) is 5.45. The molecule has 0 radical (unpaired) electrons. The van der Waals surface area contributed by atoms with Crippen molar-refractivity contribution < 1.29 is 36.2 Å². The Morgan fingerprint density at radius 3 is 2.45 bits per heavy atom. The number of hydrogen-bond acceptors (Lipinski definition) is 5. The maximum atomic E-state index is 13.6. The van der Waals surface area contributed by atoms with Gasteiger partial charge in [0.1, 0.15) is 12.4 Å². The number of carboxylic acids is 1. The van der Waals surface area contributed by atoms with E-state index in [0.29, 0.717) is 16.7 Å². The molecule has 0 amide bonds. The zero-order valence-corrected chi connectivity index (χ0v) is 21.8. The zero-order chi connectivity index (χ0) is 28.1. The quantitative estimate of drug-likeness (QED) is 0.315. The van der Waals surface area contributed by atoms with E-state index < -0.39 is 27.7 Å². The largest absolute Gasteiger partial charge is 0.487 e. The number of nitrogens with zero attached hydrogens (tertiary/aromatic N) is 2. The average molecular weight is 549 g/mol. The van der Waals surface area contributed by atoms with Crippen molar-refractivity contribution in [3.05, 3.63) is 89.1 Å². The van der Waals surface area contributed by atoms with Crippen LogP contribution in [0.3, 0.4) is 0 Å². The Balaban J connectivity index is 2.05. The van der Waals surface area contributed by atoms with Crippen molar-refractivity contribution in [1.82, 2.24) is 4.98 Å². The van der Waals surface area contributed by atoms with Crippen LogP contribution in [0.2, 0.25) is 0 Å². The van der Waals surface area contributed by atoms with Gasteiger partial charge < -0.3 is 9.84 Å². The highest BCUT2D eigenvalue weighted by atomic mass is 32.2. The lowest BCUT2D eigenvalue weighted by Crippen LogP contribution is -2.35. The molecule has 3 rings (SSSR count). The molecule has 1 aromatic heterocycles. The summed E-state index contributed by atoms with van der Waals surface area (Å²) in [5.74, 6) is -1.52. The monoisotopic (exact) mass is 548 g/mol. The van der Waals surface area contributed by atoms with Crippen LogP contribution in [0.25, 0.3) is 6.08 Å². The number of alkyl halides is 3. The molecule has 0 saturated carbocycles. The van der Waals surface area contributed by atoms with Crippen LogP contribution in [-0.2, 0) is 27.6 Å². The molecule has 11 heteroatoms. The van der Waals surface area contributed by atoms with E-state index in [-0.39, 0.29) is 35.5 Å². The fraction of sp³-hybridized carbons (Fsp3) is 0.259. The standard InChI is InChI=1S/C27H27F3N2O5S/c1-18(2)16-32(38(35,36)25-6-4-5-13-31-25)23-11-10-22(27(28,29)30)15-24(23)37-17-21-9-7-20(14-19(21)3)8-12-26(33)34/h4-15,18H,16-17H2,1-3H3,(H,33,34)/b12-8+. The Kier molecular flexibility index (Phi) is 8.82. The van der Waals surface area contributed by atoms with Gasteiger partial charge in [0.15, 0.2) is 5.03 Å². The zero-order valence-electron chi connectivity index (χ0n) is 20.9. The maximum absolute atomic E-state index is 13.6. The van der Waals surface area contributed by atoms with Crippen LogP contribution in [0, 0.1) is 12.8 Å². The predicted molar refractivity (Wildman–Crippen MR) is 137 cm³/mol. The van der Waals surface area contributed by atoms with Crippen LogP contribution in [0.5, 0.6) is 5.75 Å². The van der Waals surface area contributed by atoms with Crippen LogP contribution in [0.15, 0.2) is 71.9 Å². The van der Waals surface area contributed by atoms with Crippen LogP contribution in [0.4, 0.5) is 18.9 Å². The first-order valence-electron chi connectivity index (χ1n) is 11.6. The van der Waals surface area contributed by atoms with Crippen LogP contribution in [0.1, 0.15) is 36.1 Å². The van der Waals surface area contributed by atoms with Crippen molar-refractivity contribution in [2.24, 2.45) is 5.92 Å². The molecule has 7 nitrogen and oxygen atoms in total. The number of aromatic nitrogens is 1. The Morgan fingerprint density at radius 2 is 1.87 bits per heavy atom. The topological polar surface area (TPSA) is 96.8 Å². The average Bonchev–Trinajstić information content (AvgIpc) is 2.85. The first-order valence-corrected chi connectivity index (χ1v) is 13.0. The van der Waals surface area contributed by atoms with Crippen molar-refractivity contribution >= 4 is 27.8 Å². The molecule has 0 aliphatic carbocycles. The molecule has 1 N–H and O–H groups in total. The summed E-state index contributed by atoms with van der Waals surface area (Å²) in [5.41, 5.74) is 0.936. The number of rotatable bonds is 10. The number of benzene rings is 2. The molecule has 0 bridgehead atoms. The molecule has 3 aromatic rings. The lowest BCUT2D eigenvalue weighted by atomic mass is 10.1. The first-order chi connectivity index (χ1) is 17.8. The minimum absolute atomic E-state index is 0.0235. The maximum Gasteiger partial charge on any atom is 0.416 e. The number of pyridine rings is 1. The summed E-state index contributed by atoms with van der Waals surface area (Å²) in [6, 6.07) is 12.1. The summed E-state index contributed by atoms with van der Waals surface area (Å²) in [4.78, 5) is 14.7. The Labute approximate surface area is 219 Å². The highest BCUT2D eigenvalue weighted by molar-refractivity contribution is 7.92. The Hall–Kier alpha value is -3.86. The van der Waals surface area contributed by atoms with E-state index in [0.717, 1.165) is 28.6 Å². The SMILES string of the molecule is Cc1cc(/C=C/C(=O)O)ccc1COc1cc(C(F)(F)F)ccc1N(CC(C)C)S(=O)(=O)c1ccccn1. The van der Waals surface area contributed by atoms with Crippen molar-refractivity contribution in [3.63, 3.8) is 0 Å². The van der Waals surface area contributed by atoms with Gasteiger partial charge in [-0.25, -0.2) is 9.78 Å². The van der Waals surface area contributed by atoms with Gasteiger partial charge in [-0.3, -0.25) is 4.31 Å². The van der Waals surface area contributed by atoms with E-state index in [1.807, 2.05) is 0 Å². The Bertz CT molecular complexity index is 1420. The molecule has 1 heterocycles. The second-order valence-electron chi connectivity index (χ2n) is 8.92. The highest BCUT2D eigenvalue weighted by Gasteiger charge is 2.34. The van der Waals surface area contributed by atoms with Gasteiger partial charge in [-0.2, -0.15) is 21.6 Å². The molecule has 0 fully saturated rings. The molecular formula is C27H27F3N2O5S. The number of aliphatic carboxylic acids is 1. The number of carbonyl (C=O) groups is 1. The molecule has 2 aromatic carbocycles. The summed E-state index contributed by atoms with van der Waals surface area (Å²) in [6.07, 6.45) is -0.946. The smallest absolute Gasteiger partial charge is 0.416 e. The van der Waals surface area contributed by atoms with E-state index in [9.17, 15) is 26.4 Å². The van der Waals surface area contributed by atoms with Crippen LogP contribution >= 0.6 is 0 Å². The third-order valence-corrected chi connectivity index (χ3v) is 7.14. The first kappa shape index (κ1) is 28.7. The third kappa shape index (κ3) is 7.12. The van der Waals surface area contributed by atoms with Crippen molar-refractivity contribution in [1.29, 1.82) is 0 Å². The summed E-state index contributed by atoms with van der Waals surface area (Å²) in [7, 11) is -4.22. The minimum atomic E-state index is -4.67. The predicted octanol–water partition coefficient (Wildman–Crippen LogP) is 5.94. The fourth-order valence-corrected chi connectivity index (χ4v) is 5.16. The van der Waals surface area contributed by atoms with Crippen molar-refractivity contribution in [2.45, 2.75) is 38.6 Å². The number of ether oxygens (including phenoxy) is 1. The van der Waals surface area contributed by atoms with Crippen LogP contribution in [-0.4, -0.2) is 31.0 Å². The van der Waals surface area contributed by atoms with E-state index in [4.69, 9.17) is 9.84 Å². The Morgan fingerprint density at radius 1 is 1.13 bits per heavy atom. The molecule has 0 unspecified atom stereocenters. The van der Waals surface area contributed by atoms with Gasteiger partial charge in [-0.1, -0.05) is 38.1 Å². The summed E-state index contributed by atoms with van der Waals surface area (Å²) >= 11 is 0. The highest BCUT2D eigenvalue weighted by Crippen LogP contribution is 2.39. The lowest BCUT2D eigenvalue weighted by Gasteiger charge is -2.28. The number of sulfonamides is 1. The van der Waals surface area contributed by atoms with Gasteiger partial charge >= 0.3 is 12.1 Å². The van der Waals surface area contributed by atoms with Gasteiger partial charge in [-0.15, -0.1) is 0 Å². The molecule has 0 aliphatic rings. The number of hydrogen-bond donors (Lipinski definition) is 1. The minimum Gasteiger partial charge on any atom is -0.487 e. The molecule has 0 aliphatic heterocycles. The number of halogens is 3. The van der Waals surface area contributed by atoms with Crippen LogP contribution < -0.4 is 9.04 Å². The van der Waals surface area contributed by atoms with Gasteiger partial charge in [-0.05, 0) is 65.9 Å². The van der Waals surface area contributed by atoms with Gasteiger partial charge in [0.2, 0.25) is 0 Å². The van der Waals surface area contributed by atoms with E-state index in [2.05, 4.69) is 4.98 Å². The molecule has 0 atom stereocenters. The van der Waals surface area contributed by atoms with Crippen molar-refractivity contribution in [3.8, 4) is 5.75 Å². The van der Waals surface area contributed by atoms with Gasteiger partial charge in [0.25, 0.3) is 10.0 Å². The fourth-order valence-electron chi connectivity index (χ4n) is 3.59. The number of aryl methyl sites for hydroxylation is 1. The summed E-state index contributed by atoms with van der Waals surface area (Å²) < 4.78 is 74.6. The molecule has 202 valence electrons. The van der Waals surface area contributed by atoms with Crippen molar-refractivity contribution in [2.75, 3.05) is 10.8 Å². The number of carboxylic acid groups (broad SMARTS) is 1. The molecular weight excluding hydrogens is 521 g/mol.